The van der Waals surface area contributed by atoms with Crippen molar-refractivity contribution >= 4 is 5.91 Å². The van der Waals surface area contributed by atoms with Crippen LogP contribution in [-0.2, 0) is 16.1 Å². The van der Waals surface area contributed by atoms with Crippen molar-refractivity contribution in [2.75, 3.05) is 39.9 Å². The highest BCUT2D eigenvalue weighted by molar-refractivity contribution is 5.77. The number of carbonyl (C=O) groups is 1. The predicted octanol–water partition coefficient (Wildman–Crippen LogP) is 3.15. The number of piperidine rings is 2. The molecule has 0 radical (unpaired) electrons. The summed E-state index contributed by atoms with van der Waals surface area (Å²) in [6, 6.07) is 6.77. The second kappa shape index (κ2) is 7.88. The molecule has 4 nitrogen and oxygen atoms in total. The van der Waals surface area contributed by atoms with E-state index in [4.69, 9.17) is 4.74 Å². The smallest absolute Gasteiger partial charge is 0.222 e. The highest BCUT2D eigenvalue weighted by Crippen LogP contribution is 2.39. The van der Waals surface area contributed by atoms with Crippen molar-refractivity contribution in [1.82, 2.24) is 9.80 Å². The molecule has 2 fully saturated rings. The van der Waals surface area contributed by atoms with Crippen LogP contribution >= 0.6 is 0 Å². The van der Waals surface area contributed by atoms with Crippen LogP contribution in [0.1, 0.15) is 42.4 Å². The number of ether oxygens (including phenoxy) is 1. The van der Waals surface area contributed by atoms with Gasteiger partial charge in [-0.05, 0) is 50.8 Å². The molecule has 1 amide bonds. The normalized spacial score (nSPS) is 24.9. The number of methoxy groups -OCH3 is 1. The fourth-order valence-electron chi connectivity index (χ4n) is 4.55. The summed E-state index contributed by atoms with van der Waals surface area (Å²) in [6.07, 6.45) is 4.21. The predicted molar refractivity (Wildman–Crippen MR) is 101 cm³/mol. The number of aryl methyl sites for hydroxylation is 2. The molecule has 2 aliphatic rings. The Morgan fingerprint density at radius 3 is 2.80 bits per heavy atom. The number of hydrogen-bond acceptors (Lipinski definition) is 3. The quantitative estimate of drug-likeness (QED) is 0.822. The molecular weight excluding hydrogens is 312 g/mol. The van der Waals surface area contributed by atoms with Crippen molar-refractivity contribution in [2.45, 2.75) is 46.1 Å². The van der Waals surface area contributed by atoms with Gasteiger partial charge < -0.3 is 9.64 Å². The minimum atomic E-state index is 0.276. The van der Waals surface area contributed by atoms with Gasteiger partial charge in [0.2, 0.25) is 5.91 Å². The second-order valence-electron chi connectivity index (χ2n) is 8.05. The zero-order chi connectivity index (χ0) is 17.9. The van der Waals surface area contributed by atoms with Gasteiger partial charge in [0.05, 0.1) is 6.61 Å². The van der Waals surface area contributed by atoms with Gasteiger partial charge in [0.15, 0.2) is 0 Å². The fraction of sp³-hybridized carbons (Fsp3) is 0.667. The number of amides is 1. The summed E-state index contributed by atoms with van der Waals surface area (Å²) in [4.78, 5) is 16.9. The maximum absolute atomic E-state index is 12.2. The summed E-state index contributed by atoms with van der Waals surface area (Å²) in [5.74, 6) is 0.300. The van der Waals surface area contributed by atoms with Gasteiger partial charge in [0.1, 0.15) is 0 Å². The fourth-order valence-corrected chi connectivity index (χ4v) is 4.55. The van der Waals surface area contributed by atoms with Crippen LogP contribution in [0.3, 0.4) is 0 Å². The molecule has 2 aliphatic heterocycles. The minimum Gasteiger partial charge on any atom is -0.383 e. The maximum Gasteiger partial charge on any atom is 0.222 e. The van der Waals surface area contributed by atoms with Crippen LogP contribution in [0.15, 0.2) is 18.2 Å². The SMILES string of the molecule is COCCN1C[C@@]2(CCCN(Cc3ccc(C)cc3C)C2)CCC1=O. The van der Waals surface area contributed by atoms with Crippen molar-refractivity contribution in [3.8, 4) is 0 Å². The highest BCUT2D eigenvalue weighted by Gasteiger charge is 2.41. The van der Waals surface area contributed by atoms with Crippen LogP contribution < -0.4 is 0 Å². The van der Waals surface area contributed by atoms with E-state index in [0.29, 0.717) is 18.9 Å². The molecule has 1 spiro atoms. The number of rotatable bonds is 5. The lowest BCUT2D eigenvalue weighted by molar-refractivity contribution is -0.140. The molecule has 2 heterocycles. The van der Waals surface area contributed by atoms with Gasteiger partial charge in [-0.1, -0.05) is 23.8 Å². The summed E-state index contributed by atoms with van der Waals surface area (Å²) in [5.41, 5.74) is 4.43. The van der Waals surface area contributed by atoms with E-state index in [-0.39, 0.29) is 5.41 Å². The van der Waals surface area contributed by atoms with E-state index in [1.165, 1.54) is 36.1 Å². The summed E-state index contributed by atoms with van der Waals surface area (Å²) in [5, 5.41) is 0. The molecule has 0 N–H and O–H groups in total. The van der Waals surface area contributed by atoms with Gasteiger partial charge in [-0.25, -0.2) is 0 Å². The summed E-state index contributed by atoms with van der Waals surface area (Å²) < 4.78 is 5.19. The van der Waals surface area contributed by atoms with Crippen molar-refractivity contribution in [1.29, 1.82) is 0 Å². The monoisotopic (exact) mass is 344 g/mol. The maximum atomic E-state index is 12.2. The number of nitrogens with zero attached hydrogens (tertiary/aromatic N) is 2. The number of benzene rings is 1. The van der Waals surface area contributed by atoms with Crippen molar-refractivity contribution in [2.24, 2.45) is 5.41 Å². The molecule has 4 heteroatoms. The Morgan fingerprint density at radius 2 is 2.04 bits per heavy atom. The molecular formula is C21H32N2O2. The van der Waals surface area contributed by atoms with Crippen LogP contribution in [0.4, 0.5) is 0 Å². The standard InChI is InChI=1S/C21H32N2O2/c1-17-5-6-19(18(2)13-17)14-22-10-4-8-21(15-22)9-7-20(24)23(16-21)11-12-25-3/h5-6,13H,4,7-12,14-16H2,1-3H3/t21-/m0/s1. The first-order valence-corrected chi connectivity index (χ1v) is 9.57. The van der Waals surface area contributed by atoms with Gasteiger partial charge in [-0.3, -0.25) is 9.69 Å². The summed E-state index contributed by atoms with van der Waals surface area (Å²) in [7, 11) is 1.70. The van der Waals surface area contributed by atoms with Gasteiger partial charge in [-0.2, -0.15) is 0 Å². The summed E-state index contributed by atoms with van der Waals surface area (Å²) >= 11 is 0. The molecule has 138 valence electrons. The Hall–Kier alpha value is -1.39. The van der Waals surface area contributed by atoms with Gasteiger partial charge in [-0.15, -0.1) is 0 Å². The molecule has 1 aromatic rings. The first-order chi connectivity index (χ1) is 12.0. The molecule has 1 aromatic carbocycles. The first-order valence-electron chi connectivity index (χ1n) is 9.57. The van der Waals surface area contributed by atoms with E-state index < -0.39 is 0 Å². The van der Waals surface area contributed by atoms with Gasteiger partial charge >= 0.3 is 0 Å². The zero-order valence-electron chi connectivity index (χ0n) is 16.0. The lowest BCUT2D eigenvalue weighted by Crippen LogP contribution is -2.54. The molecule has 0 aliphatic carbocycles. The van der Waals surface area contributed by atoms with Gasteiger partial charge in [0.25, 0.3) is 0 Å². The van der Waals surface area contributed by atoms with Crippen molar-refractivity contribution in [3.63, 3.8) is 0 Å². The zero-order valence-corrected chi connectivity index (χ0v) is 16.0. The van der Waals surface area contributed by atoms with E-state index in [2.05, 4.69) is 36.9 Å². The van der Waals surface area contributed by atoms with Crippen LogP contribution in [0.25, 0.3) is 0 Å². The third-order valence-corrected chi connectivity index (χ3v) is 5.95. The van der Waals surface area contributed by atoms with Crippen LogP contribution in [0.5, 0.6) is 0 Å². The second-order valence-corrected chi connectivity index (χ2v) is 8.05. The topological polar surface area (TPSA) is 32.8 Å². The molecule has 3 rings (SSSR count). The lowest BCUT2D eigenvalue weighted by atomic mass is 9.73. The Morgan fingerprint density at radius 1 is 1.20 bits per heavy atom. The Bertz CT molecular complexity index is 616. The van der Waals surface area contributed by atoms with E-state index in [9.17, 15) is 4.79 Å². The molecule has 0 aromatic heterocycles. The number of carbonyl (C=O) groups excluding carboxylic acids is 1. The molecule has 0 saturated carbocycles. The van der Waals surface area contributed by atoms with Crippen molar-refractivity contribution < 1.29 is 9.53 Å². The third-order valence-electron chi connectivity index (χ3n) is 5.95. The van der Waals surface area contributed by atoms with Gasteiger partial charge in [0, 0.05) is 45.1 Å². The molecule has 0 unspecified atom stereocenters. The molecule has 25 heavy (non-hydrogen) atoms. The lowest BCUT2D eigenvalue weighted by Gasteiger charge is -2.48. The molecule has 1 atom stereocenters. The van der Waals surface area contributed by atoms with E-state index >= 15 is 0 Å². The van der Waals surface area contributed by atoms with Crippen molar-refractivity contribution in [3.05, 3.63) is 34.9 Å². The Labute approximate surface area is 152 Å². The highest BCUT2D eigenvalue weighted by atomic mass is 16.5. The average Bonchev–Trinajstić information content (AvgIpc) is 2.59. The van der Waals surface area contributed by atoms with Crippen LogP contribution in [-0.4, -0.2) is 55.6 Å². The average molecular weight is 344 g/mol. The molecule has 2 saturated heterocycles. The van der Waals surface area contributed by atoms with E-state index in [1.807, 2.05) is 4.90 Å². The van der Waals surface area contributed by atoms with Crippen LogP contribution in [0.2, 0.25) is 0 Å². The third kappa shape index (κ3) is 4.42. The first kappa shape index (κ1) is 18.4. The Balaban J connectivity index is 1.66. The van der Waals surface area contributed by atoms with Crippen LogP contribution in [0, 0.1) is 19.3 Å². The minimum absolute atomic E-state index is 0.276. The Kier molecular flexibility index (Phi) is 5.80. The van der Waals surface area contributed by atoms with E-state index in [0.717, 1.165) is 32.6 Å². The number of hydrogen-bond donors (Lipinski definition) is 0. The molecule has 0 bridgehead atoms. The largest absolute Gasteiger partial charge is 0.383 e. The number of likely N-dealkylation sites (tertiary alicyclic amines) is 2. The summed E-state index contributed by atoms with van der Waals surface area (Å²) in [6.45, 7) is 9.94. The van der Waals surface area contributed by atoms with E-state index in [1.54, 1.807) is 7.11 Å².